The molecule has 3 rings (SSSR count). The second kappa shape index (κ2) is 6.83. The van der Waals surface area contributed by atoms with Gasteiger partial charge in [0.05, 0.1) is 0 Å². The van der Waals surface area contributed by atoms with Crippen molar-refractivity contribution in [3.8, 4) is 23.1 Å². The average Bonchev–Trinajstić information content (AvgIpc) is 3.02. The van der Waals surface area contributed by atoms with Crippen molar-refractivity contribution in [2.45, 2.75) is 6.61 Å². The largest absolute Gasteiger partial charge is 0.483 e. The molecule has 126 valence electrons. The molecule has 0 amide bonds. The van der Waals surface area contributed by atoms with E-state index >= 15 is 0 Å². The summed E-state index contributed by atoms with van der Waals surface area (Å²) in [5.41, 5.74) is 1.38. The molecule has 0 atom stereocenters. The minimum atomic E-state index is -1.15. The van der Waals surface area contributed by atoms with Crippen LogP contribution in [0.4, 0.5) is 13.2 Å². The summed E-state index contributed by atoms with van der Waals surface area (Å²) >= 11 is 6.03. The fourth-order valence-electron chi connectivity index (χ4n) is 2.20. The van der Waals surface area contributed by atoms with Crippen LogP contribution in [0.1, 0.15) is 11.3 Å². The Labute approximate surface area is 144 Å². The van der Waals surface area contributed by atoms with Gasteiger partial charge in [-0.15, -0.1) is 5.10 Å². The lowest BCUT2D eigenvalue weighted by Crippen LogP contribution is -2.01. The van der Waals surface area contributed by atoms with Crippen LogP contribution < -0.4 is 4.74 Å². The Morgan fingerprint density at radius 2 is 1.84 bits per heavy atom. The quantitative estimate of drug-likeness (QED) is 0.759. The molecule has 0 radical (unpaired) electrons. The Balaban J connectivity index is 1.88. The summed E-state index contributed by atoms with van der Waals surface area (Å²) in [6.07, 6.45) is 0. The number of halogens is 4. The van der Waals surface area contributed by atoms with E-state index in [1.807, 2.05) is 6.07 Å². The molecule has 5 nitrogen and oxygen atoms in total. The van der Waals surface area contributed by atoms with Crippen molar-refractivity contribution in [3.05, 3.63) is 64.1 Å². The summed E-state index contributed by atoms with van der Waals surface area (Å²) in [5.74, 6) is -4.03. The smallest absolute Gasteiger partial charge is 0.191 e. The van der Waals surface area contributed by atoms with Crippen LogP contribution >= 0.6 is 11.6 Å². The van der Waals surface area contributed by atoms with Crippen molar-refractivity contribution in [3.63, 3.8) is 0 Å². The summed E-state index contributed by atoms with van der Waals surface area (Å²) in [6, 6.07) is 7.62. The third-order valence-corrected chi connectivity index (χ3v) is 3.46. The highest BCUT2D eigenvalue weighted by atomic mass is 35.5. The maximum absolute atomic E-state index is 13.6. The molecule has 2 aromatic carbocycles. The number of aromatic amines is 1. The van der Waals surface area contributed by atoms with Crippen LogP contribution in [-0.2, 0) is 6.61 Å². The minimum absolute atomic E-state index is 0.143. The van der Waals surface area contributed by atoms with Crippen molar-refractivity contribution >= 4 is 11.6 Å². The Morgan fingerprint density at radius 1 is 1.12 bits per heavy atom. The van der Waals surface area contributed by atoms with E-state index < -0.39 is 23.2 Å². The van der Waals surface area contributed by atoms with Gasteiger partial charge in [-0.1, -0.05) is 16.8 Å². The summed E-state index contributed by atoms with van der Waals surface area (Å²) in [5, 5.41) is 19.1. The Bertz CT molecular complexity index is 961. The number of aromatic nitrogens is 3. The summed E-state index contributed by atoms with van der Waals surface area (Å²) in [6.45, 7) is -0.229. The molecule has 0 aliphatic carbocycles. The number of nitrogens with zero attached hydrogens (tertiary/aromatic N) is 3. The van der Waals surface area contributed by atoms with Gasteiger partial charge in [0.2, 0.25) is 0 Å². The second-order valence-corrected chi connectivity index (χ2v) is 5.42. The highest BCUT2D eigenvalue weighted by Crippen LogP contribution is 2.27. The van der Waals surface area contributed by atoms with Crippen LogP contribution in [0, 0.1) is 28.8 Å². The van der Waals surface area contributed by atoms with Crippen LogP contribution in [0.25, 0.3) is 11.3 Å². The number of nitrogens with one attached hydrogen (secondary N) is 1. The molecule has 0 spiro atoms. The van der Waals surface area contributed by atoms with E-state index in [1.54, 1.807) is 12.1 Å². The van der Waals surface area contributed by atoms with E-state index in [0.717, 1.165) is 0 Å². The fraction of sp³-hybridized carbons (Fsp3) is 0.0625. The van der Waals surface area contributed by atoms with Crippen molar-refractivity contribution < 1.29 is 17.9 Å². The number of H-pyrrole nitrogens is 1. The minimum Gasteiger partial charge on any atom is -0.483 e. The number of ether oxygens (including phenoxy) is 1. The predicted molar refractivity (Wildman–Crippen MR) is 82.2 cm³/mol. The molecule has 0 bridgehead atoms. The molecule has 9 heteroatoms. The van der Waals surface area contributed by atoms with Gasteiger partial charge >= 0.3 is 0 Å². The maximum Gasteiger partial charge on any atom is 0.191 e. The first-order chi connectivity index (χ1) is 12.0. The van der Waals surface area contributed by atoms with Crippen molar-refractivity contribution in [2.75, 3.05) is 0 Å². The predicted octanol–water partition coefficient (Wildman–Crippen LogP) is 3.99. The van der Waals surface area contributed by atoms with E-state index in [0.29, 0.717) is 28.3 Å². The average molecular weight is 365 g/mol. The Hall–Kier alpha value is -3.05. The van der Waals surface area contributed by atoms with E-state index in [-0.39, 0.29) is 18.0 Å². The van der Waals surface area contributed by atoms with Gasteiger partial charge in [0.15, 0.2) is 23.1 Å². The first kappa shape index (κ1) is 16.8. The Morgan fingerprint density at radius 3 is 2.52 bits per heavy atom. The highest BCUT2D eigenvalue weighted by Gasteiger charge is 2.15. The first-order valence-electron chi connectivity index (χ1n) is 6.86. The molecule has 0 saturated heterocycles. The number of benzene rings is 2. The summed E-state index contributed by atoms with van der Waals surface area (Å²) < 4.78 is 45.2. The monoisotopic (exact) mass is 364 g/mol. The molecule has 0 unspecified atom stereocenters. The molecule has 0 saturated carbocycles. The van der Waals surface area contributed by atoms with Gasteiger partial charge in [0, 0.05) is 22.7 Å². The standard InChI is InChI=1S/C16H8ClF3N4O/c17-10-2-8(1-9(3-10)15-14(6-21)22-24-23-15)7-25-16-12(19)4-11(18)5-13(16)20/h1-5H,7H2,(H,22,23,24). The fourth-order valence-corrected chi connectivity index (χ4v) is 2.46. The SMILES string of the molecule is N#Cc1[nH]nnc1-c1cc(Cl)cc(COc2c(F)cc(F)cc2F)c1. The summed E-state index contributed by atoms with van der Waals surface area (Å²) in [7, 11) is 0. The molecule has 1 heterocycles. The lowest BCUT2D eigenvalue weighted by Gasteiger charge is -2.10. The van der Waals surface area contributed by atoms with E-state index in [4.69, 9.17) is 21.6 Å². The number of hydrogen-bond acceptors (Lipinski definition) is 4. The van der Waals surface area contributed by atoms with Crippen LogP contribution in [0.15, 0.2) is 30.3 Å². The van der Waals surface area contributed by atoms with Gasteiger partial charge in [-0.25, -0.2) is 18.3 Å². The van der Waals surface area contributed by atoms with E-state index in [2.05, 4.69) is 15.4 Å². The van der Waals surface area contributed by atoms with Crippen molar-refractivity contribution in [2.24, 2.45) is 0 Å². The third kappa shape index (κ3) is 3.56. The summed E-state index contributed by atoms with van der Waals surface area (Å²) in [4.78, 5) is 0. The van der Waals surface area contributed by atoms with Gasteiger partial charge in [0.1, 0.15) is 24.2 Å². The van der Waals surface area contributed by atoms with Gasteiger partial charge in [-0.3, -0.25) is 0 Å². The molecule has 1 aromatic heterocycles. The third-order valence-electron chi connectivity index (χ3n) is 3.24. The van der Waals surface area contributed by atoms with Crippen molar-refractivity contribution in [1.29, 1.82) is 5.26 Å². The molecular weight excluding hydrogens is 357 g/mol. The van der Waals surface area contributed by atoms with Gasteiger partial charge in [-0.05, 0) is 23.8 Å². The molecule has 3 aromatic rings. The number of nitriles is 1. The molecular formula is C16H8ClF3N4O. The van der Waals surface area contributed by atoms with Gasteiger partial charge in [0.25, 0.3) is 0 Å². The Kier molecular flexibility index (Phi) is 4.59. The van der Waals surface area contributed by atoms with Crippen LogP contribution in [0.2, 0.25) is 5.02 Å². The van der Waals surface area contributed by atoms with E-state index in [9.17, 15) is 13.2 Å². The molecule has 25 heavy (non-hydrogen) atoms. The zero-order valence-electron chi connectivity index (χ0n) is 12.4. The molecule has 0 fully saturated rings. The van der Waals surface area contributed by atoms with E-state index in [1.165, 1.54) is 6.07 Å². The number of hydrogen-bond donors (Lipinski definition) is 1. The van der Waals surface area contributed by atoms with Crippen molar-refractivity contribution in [1.82, 2.24) is 15.4 Å². The lowest BCUT2D eigenvalue weighted by molar-refractivity contribution is 0.272. The number of rotatable bonds is 4. The normalized spacial score (nSPS) is 10.5. The zero-order chi connectivity index (χ0) is 18.0. The van der Waals surface area contributed by atoms with Gasteiger partial charge in [-0.2, -0.15) is 5.26 Å². The first-order valence-corrected chi connectivity index (χ1v) is 7.24. The van der Waals surface area contributed by atoms with Gasteiger partial charge < -0.3 is 4.74 Å². The molecule has 1 N–H and O–H groups in total. The van der Waals surface area contributed by atoms with Crippen LogP contribution in [0.3, 0.4) is 0 Å². The van der Waals surface area contributed by atoms with Crippen LogP contribution in [-0.4, -0.2) is 15.4 Å². The highest BCUT2D eigenvalue weighted by molar-refractivity contribution is 6.30. The lowest BCUT2D eigenvalue weighted by atomic mass is 10.1. The molecule has 0 aliphatic rings. The maximum atomic E-state index is 13.6. The topological polar surface area (TPSA) is 74.6 Å². The molecule has 0 aliphatic heterocycles. The second-order valence-electron chi connectivity index (χ2n) is 4.98. The van der Waals surface area contributed by atoms with Crippen LogP contribution in [0.5, 0.6) is 5.75 Å². The zero-order valence-corrected chi connectivity index (χ0v) is 13.1.